The van der Waals surface area contributed by atoms with Crippen molar-refractivity contribution in [2.75, 3.05) is 39.2 Å². The molecule has 0 unspecified atom stereocenters. The first-order valence-electron chi connectivity index (χ1n) is 11.2. The molecule has 8 heteroatoms. The quantitative estimate of drug-likeness (QED) is 0.765. The molecule has 1 aliphatic rings. The third-order valence-corrected chi connectivity index (χ3v) is 6.03. The Kier molecular flexibility index (Phi) is 8.41. The van der Waals surface area contributed by atoms with Crippen LogP contribution in [0.1, 0.15) is 36.7 Å². The molecule has 0 saturated carbocycles. The zero-order valence-corrected chi connectivity index (χ0v) is 20.1. The van der Waals surface area contributed by atoms with Crippen molar-refractivity contribution in [3.05, 3.63) is 53.9 Å². The smallest absolute Gasteiger partial charge is 0.257 e. The van der Waals surface area contributed by atoms with Crippen molar-refractivity contribution in [1.82, 2.24) is 14.8 Å². The van der Waals surface area contributed by atoms with Crippen LogP contribution in [-0.4, -0.2) is 72.6 Å². The Bertz CT molecular complexity index is 953. The molecule has 0 spiro atoms. The number of ether oxygens (including phenoxy) is 2. The molecule has 2 amide bonds. The van der Waals surface area contributed by atoms with Gasteiger partial charge in [-0.15, -0.1) is 0 Å². The lowest BCUT2D eigenvalue weighted by atomic mass is 10.0. The predicted octanol–water partition coefficient (Wildman–Crippen LogP) is 3.05. The highest BCUT2D eigenvalue weighted by Gasteiger charge is 2.28. The molecular weight excluding hydrogens is 420 g/mol. The molecule has 33 heavy (non-hydrogen) atoms. The highest BCUT2D eigenvalue weighted by Crippen LogP contribution is 2.26. The minimum absolute atomic E-state index is 0.0910. The van der Waals surface area contributed by atoms with Crippen molar-refractivity contribution in [3.8, 4) is 5.75 Å². The Hall–Kier alpha value is -2.97. The van der Waals surface area contributed by atoms with E-state index in [9.17, 15) is 9.59 Å². The lowest BCUT2D eigenvalue weighted by Crippen LogP contribution is -2.46. The number of benzene rings is 1. The van der Waals surface area contributed by atoms with Gasteiger partial charge in [-0.2, -0.15) is 0 Å². The van der Waals surface area contributed by atoms with Crippen molar-refractivity contribution >= 4 is 17.5 Å². The number of hydrogen-bond donors (Lipinski definition) is 1. The van der Waals surface area contributed by atoms with Crippen molar-refractivity contribution in [1.29, 1.82) is 0 Å². The number of pyridine rings is 1. The number of rotatable bonds is 4. The van der Waals surface area contributed by atoms with E-state index in [1.54, 1.807) is 49.7 Å². The number of nitrogens with zero attached hydrogens (tertiary/aromatic N) is 3. The third kappa shape index (κ3) is 6.52. The Morgan fingerprint density at radius 3 is 2.61 bits per heavy atom. The molecule has 2 aromatic rings. The summed E-state index contributed by atoms with van der Waals surface area (Å²) in [5, 5.41) is 2.74. The molecule has 2 heterocycles. The van der Waals surface area contributed by atoms with Gasteiger partial charge in [-0.3, -0.25) is 19.5 Å². The van der Waals surface area contributed by atoms with E-state index < -0.39 is 0 Å². The van der Waals surface area contributed by atoms with Crippen LogP contribution in [0.2, 0.25) is 0 Å². The van der Waals surface area contributed by atoms with Crippen LogP contribution in [0.4, 0.5) is 5.69 Å². The van der Waals surface area contributed by atoms with Gasteiger partial charge in [0.25, 0.3) is 5.91 Å². The second kappa shape index (κ2) is 11.2. The van der Waals surface area contributed by atoms with Crippen LogP contribution < -0.4 is 10.1 Å². The number of amides is 2. The van der Waals surface area contributed by atoms with Crippen LogP contribution in [0.5, 0.6) is 5.75 Å². The van der Waals surface area contributed by atoms with Crippen molar-refractivity contribution in [2.45, 2.75) is 39.5 Å². The standard InChI is InChI=1S/C25H34N4O4/c1-17-13-29(14-20-8-10-26-11-9-20)18(2)16-33-23-7-6-21(27-19(3)30)12-22(23)25(31)28(4)15-24(17)32-5/h6-12,17-18,24H,13-16H2,1-5H3,(H,27,30)/t17-,18-,24+/m1/s1. The summed E-state index contributed by atoms with van der Waals surface area (Å²) in [6.07, 6.45) is 3.48. The number of aromatic nitrogens is 1. The number of methoxy groups -OCH3 is 1. The maximum Gasteiger partial charge on any atom is 0.257 e. The minimum atomic E-state index is -0.196. The topological polar surface area (TPSA) is 84.0 Å². The number of nitrogens with one attached hydrogen (secondary N) is 1. The second-order valence-electron chi connectivity index (χ2n) is 8.77. The molecular formula is C25H34N4O4. The maximum atomic E-state index is 13.3. The van der Waals surface area contributed by atoms with Crippen LogP contribution >= 0.6 is 0 Å². The van der Waals surface area contributed by atoms with E-state index in [1.165, 1.54) is 12.5 Å². The molecule has 1 aromatic carbocycles. The summed E-state index contributed by atoms with van der Waals surface area (Å²) in [7, 11) is 3.45. The van der Waals surface area contributed by atoms with Crippen molar-refractivity contribution in [2.24, 2.45) is 5.92 Å². The number of likely N-dealkylation sites (N-methyl/N-ethyl adjacent to an activating group) is 1. The van der Waals surface area contributed by atoms with Crippen LogP contribution in [-0.2, 0) is 16.1 Å². The number of anilines is 1. The van der Waals surface area contributed by atoms with Gasteiger partial charge in [0.1, 0.15) is 12.4 Å². The summed E-state index contributed by atoms with van der Waals surface area (Å²) in [6.45, 7) is 8.12. The van der Waals surface area contributed by atoms with E-state index in [4.69, 9.17) is 9.47 Å². The molecule has 178 valence electrons. The number of fused-ring (bicyclic) bond motifs is 1. The van der Waals surface area contributed by atoms with Crippen molar-refractivity contribution < 1.29 is 19.1 Å². The van der Waals surface area contributed by atoms with Gasteiger partial charge in [0, 0.05) is 64.8 Å². The van der Waals surface area contributed by atoms with Gasteiger partial charge in [0.05, 0.1) is 11.7 Å². The largest absolute Gasteiger partial charge is 0.491 e. The monoisotopic (exact) mass is 454 g/mol. The highest BCUT2D eigenvalue weighted by atomic mass is 16.5. The second-order valence-corrected chi connectivity index (χ2v) is 8.77. The Labute approximate surface area is 195 Å². The van der Waals surface area contributed by atoms with Crippen LogP contribution in [0, 0.1) is 5.92 Å². The summed E-state index contributed by atoms with van der Waals surface area (Å²) in [5.41, 5.74) is 2.15. The first-order chi connectivity index (χ1) is 15.8. The van der Waals surface area contributed by atoms with Crippen LogP contribution in [0.3, 0.4) is 0 Å². The molecule has 1 N–H and O–H groups in total. The Morgan fingerprint density at radius 2 is 1.94 bits per heavy atom. The molecule has 0 fully saturated rings. The van der Waals surface area contributed by atoms with Gasteiger partial charge in [-0.25, -0.2) is 0 Å². The normalized spacial score (nSPS) is 22.5. The van der Waals surface area contributed by atoms with E-state index in [2.05, 4.69) is 29.0 Å². The summed E-state index contributed by atoms with van der Waals surface area (Å²) >= 11 is 0. The highest BCUT2D eigenvalue weighted by molar-refractivity contribution is 5.99. The van der Waals surface area contributed by atoms with Crippen LogP contribution in [0.15, 0.2) is 42.7 Å². The van der Waals surface area contributed by atoms with Gasteiger partial charge in [0.2, 0.25) is 5.91 Å². The van der Waals surface area contributed by atoms with E-state index in [-0.39, 0.29) is 29.9 Å². The fourth-order valence-electron chi connectivity index (χ4n) is 4.08. The molecule has 3 rings (SSSR count). The fourth-order valence-corrected chi connectivity index (χ4v) is 4.08. The summed E-state index contributed by atoms with van der Waals surface area (Å²) in [4.78, 5) is 33.0. The van der Waals surface area contributed by atoms with Gasteiger partial charge in [-0.05, 0) is 48.7 Å². The lowest BCUT2D eigenvalue weighted by molar-refractivity contribution is -0.114. The molecule has 0 bridgehead atoms. The van der Waals surface area contributed by atoms with Gasteiger partial charge in [-0.1, -0.05) is 6.92 Å². The summed E-state index contributed by atoms with van der Waals surface area (Å²) in [6, 6.07) is 9.30. The molecule has 0 aliphatic carbocycles. The SMILES string of the molecule is CO[C@H]1CN(C)C(=O)c2cc(NC(C)=O)ccc2OC[C@@H](C)N(Cc2ccncc2)C[C@H]1C. The lowest BCUT2D eigenvalue weighted by Gasteiger charge is -2.36. The number of carbonyl (C=O) groups is 2. The average Bonchev–Trinajstić information content (AvgIpc) is 2.80. The van der Waals surface area contributed by atoms with Gasteiger partial charge < -0.3 is 19.7 Å². The maximum absolute atomic E-state index is 13.3. The van der Waals surface area contributed by atoms with E-state index in [0.29, 0.717) is 30.2 Å². The zero-order valence-electron chi connectivity index (χ0n) is 20.1. The van der Waals surface area contributed by atoms with Gasteiger partial charge in [0.15, 0.2) is 0 Å². The summed E-state index contributed by atoms with van der Waals surface area (Å²) in [5.74, 6) is 0.310. The molecule has 8 nitrogen and oxygen atoms in total. The number of hydrogen-bond acceptors (Lipinski definition) is 6. The molecule has 1 aliphatic heterocycles. The molecule has 1 aromatic heterocycles. The summed E-state index contributed by atoms with van der Waals surface area (Å²) < 4.78 is 12.0. The van der Waals surface area contributed by atoms with E-state index in [1.807, 2.05) is 12.1 Å². The number of carbonyl (C=O) groups excluding carboxylic acids is 2. The first kappa shape index (κ1) is 24.7. The molecule has 0 saturated heterocycles. The van der Waals surface area contributed by atoms with Crippen LogP contribution in [0.25, 0.3) is 0 Å². The predicted molar refractivity (Wildman–Crippen MR) is 127 cm³/mol. The molecule has 0 radical (unpaired) electrons. The third-order valence-electron chi connectivity index (χ3n) is 6.03. The van der Waals surface area contributed by atoms with E-state index in [0.717, 1.165) is 13.1 Å². The Balaban J connectivity index is 1.94. The fraction of sp³-hybridized carbons (Fsp3) is 0.480. The minimum Gasteiger partial charge on any atom is -0.491 e. The molecule has 3 atom stereocenters. The Morgan fingerprint density at radius 1 is 1.21 bits per heavy atom. The van der Waals surface area contributed by atoms with Gasteiger partial charge >= 0.3 is 0 Å². The zero-order chi connectivity index (χ0) is 24.0. The van der Waals surface area contributed by atoms with E-state index >= 15 is 0 Å². The first-order valence-corrected chi connectivity index (χ1v) is 11.2. The van der Waals surface area contributed by atoms with Crippen molar-refractivity contribution in [3.63, 3.8) is 0 Å². The average molecular weight is 455 g/mol.